The highest BCUT2D eigenvalue weighted by Gasteiger charge is 2.30. The number of nitrogens with zero attached hydrogens (tertiary/aromatic N) is 2. The van der Waals surface area contributed by atoms with Crippen molar-refractivity contribution in [1.29, 1.82) is 0 Å². The summed E-state index contributed by atoms with van der Waals surface area (Å²) >= 11 is 2.41. The van der Waals surface area contributed by atoms with Gasteiger partial charge in [-0.2, -0.15) is 10.0 Å². The smallest absolute Gasteiger partial charge is 0.0758 e. The van der Waals surface area contributed by atoms with E-state index in [2.05, 4.69) is 121 Å². The summed E-state index contributed by atoms with van der Waals surface area (Å²) in [4.78, 5) is 2.63. The van der Waals surface area contributed by atoms with Crippen LogP contribution in [0.4, 0.5) is 0 Å². The van der Waals surface area contributed by atoms with E-state index in [1.165, 1.54) is 24.0 Å². The van der Waals surface area contributed by atoms with Gasteiger partial charge in [0.05, 0.1) is 6.04 Å². The summed E-state index contributed by atoms with van der Waals surface area (Å²) in [5.41, 5.74) is 2.73. The van der Waals surface area contributed by atoms with Crippen LogP contribution in [-0.2, 0) is 13.1 Å². The van der Waals surface area contributed by atoms with E-state index in [-0.39, 0.29) is 0 Å². The maximum atomic E-state index is 3.79. The molecule has 1 atom stereocenters. The Labute approximate surface area is 201 Å². The van der Waals surface area contributed by atoms with Gasteiger partial charge in [-0.15, -0.1) is 0 Å². The van der Waals surface area contributed by atoms with E-state index in [0.717, 1.165) is 26.2 Å². The average Bonchev–Trinajstić information content (AvgIpc) is 2.75. The number of rotatable bonds is 7. The lowest BCUT2D eigenvalue weighted by Gasteiger charge is -2.38. The van der Waals surface area contributed by atoms with Crippen molar-refractivity contribution in [2.24, 2.45) is 5.92 Å². The monoisotopic (exact) mass is 552 g/mol. The molecular weight excluding hydrogens is 519 g/mol. The fraction of sp³-hybridized carbons (Fsp3) is 0.440. The Morgan fingerprint density at radius 2 is 1.47 bits per heavy atom. The summed E-state index contributed by atoms with van der Waals surface area (Å²) in [6, 6.07) is 22.0. The van der Waals surface area contributed by atoms with Gasteiger partial charge < -0.3 is 0 Å². The van der Waals surface area contributed by atoms with Crippen LogP contribution in [0.5, 0.6) is 0 Å². The van der Waals surface area contributed by atoms with Crippen LogP contribution < -0.4 is 0 Å². The SMILES string of the molecule is CS(C)(C)C#C[C@@H](C1CCN(SI)CC1)N(Cc1ccccc1)Cc1ccccc1. The summed E-state index contributed by atoms with van der Waals surface area (Å²) in [5.74, 6) is 4.41. The number of piperidine rings is 1. The molecular formula is C25H33IN2S2. The molecule has 0 amide bonds. The molecule has 2 aromatic rings. The minimum atomic E-state index is -0.856. The van der Waals surface area contributed by atoms with Crippen LogP contribution in [0.2, 0.25) is 0 Å². The molecule has 0 saturated carbocycles. The van der Waals surface area contributed by atoms with Gasteiger partial charge >= 0.3 is 0 Å². The predicted octanol–water partition coefficient (Wildman–Crippen LogP) is 6.42. The first-order chi connectivity index (χ1) is 14.4. The van der Waals surface area contributed by atoms with Crippen LogP contribution >= 0.6 is 40.4 Å². The highest BCUT2D eigenvalue weighted by molar-refractivity contribution is 14.2. The van der Waals surface area contributed by atoms with Crippen molar-refractivity contribution < 1.29 is 0 Å². The van der Waals surface area contributed by atoms with Gasteiger partial charge in [0.1, 0.15) is 0 Å². The second-order valence-electron chi connectivity index (χ2n) is 8.74. The maximum absolute atomic E-state index is 3.79. The summed E-state index contributed by atoms with van der Waals surface area (Å²) in [7, 11) is 0.993. The molecule has 1 saturated heterocycles. The summed E-state index contributed by atoms with van der Waals surface area (Å²) < 4.78 is 2.48. The van der Waals surface area contributed by atoms with Gasteiger partial charge in [0.2, 0.25) is 0 Å². The third kappa shape index (κ3) is 7.80. The van der Waals surface area contributed by atoms with Gasteiger partial charge in [0, 0.05) is 47.4 Å². The molecule has 0 unspecified atom stereocenters. The maximum Gasteiger partial charge on any atom is 0.0758 e. The van der Waals surface area contributed by atoms with Crippen LogP contribution in [-0.4, -0.2) is 47.1 Å². The molecule has 0 bridgehead atoms. The molecule has 0 N–H and O–H groups in total. The number of hydrogen-bond acceptors (Lipinski definition) is 3. The van der Waals surface area contributed by atoms with Gasteiger partial charge in [-0.3, -0.25) is 4.90 Å². The second-order valence-corrected chi connectivity index (χ2v) is 14.5. The van der Waals surface area contributed by atoms with Gasteiger partial charge in [0.15, 0.2) is 0 Å². The zero-order valence-corrected chi connectivity index (χ0v) is 22.1. The van der Waals surface area contributed by atoms with Crippen molar-refractivity contribution in [3.63, 3.8) is 0 Å². The Morgan fingerprint density at radius 1 is 0.967 bits per heavy atom. The molecule has 5 heteroatoms. The molecule has 2 nitrogen and oxygen atoms in total. The van der Waals surface area contributed by atoms with E-state index in [1.807, 2.05) is 9.12 Å². The Hall–Kier alpha value is -0.650. The van der Waals surface area contributed by atoms with Crippen LogP contribution in [0.25, 0.3) is 0 Å². The first kappa shape index (κ1) is 24.0. The Morgan fingerprint density at radius 3 is 1.90 bits per heavy atom. The van der Waals surface area contributed by atoms with E-state index in [0.29, 0.717) is 12.0 Å². The van der Waals surface area contributed by atoms with E-state index >= 15 is 0 Å². The van der Waals surface area contributed by atoms with E-state index in [9.17, 15) is 0 Å². The number of hydrogen-bond donors (Lipinski definition) is 0. The molecule has 1 aliphatic rings. The standard InChI is InChI=1S/C25H33IN2S2/c1-30(2,3)19-16-25(24-14-17-28(29-26)18-15-24)27(20-22-10-6-4-7-11-22)21-23-12-8-5-9-13-23/h4-13,24-25H,14-15,17-18,20-21H2,1-3H3/t25-/m0/s1. The van der Waals surface area contributed by atoms with Crippen LogP contribution in [0.15, 0.2) is 60.7 Å². The number of halogens is 1. The van der Waals surface area contributed by atoms with E-state index in [4.69, 9.17) is 0 Å². The van der Waals surface area contributed by atoms with Crippen molar-refractivity contribution in [3.05, 3.63) is 71.8 Å². The Kier molecular flexibility index (Phi) is 9.46. The second kappa shape index (κ2) is 11.8. The van der Waals surface area contributed by atoms with Crippen LogP contribution in [0.3, 0.4) is 0 Å². The molecule has 0 aliphatic carbocycles. The predicted molar refractivity (Wildman–Crippen MR) is 145 cm³/mol. The van der Waals surface area contributed by atoms with E-state index in [1.54, 1.807) is 0 Å². The lowest BCUT2D eigenvalue weighted by atomic mass is 9.89. The van der Waals surface area contributed by atoms with Gasteiger partial charge in [0.25, 0.3) is 0 Å². The Bertz CT molecular complexity index is 777. The van der Waals surface area contributed by atoms with Gasteiger partial charge in [-0.1, -0.05) is 71.8 Å². The Balaban J connectivity index is 1.90. The van der Waals surface area contributed by atoms with Crippen molar-refractivity contribution in [2.75, 3.05) is 31.9 Å². The lowest BCUT2D eigenvalue weighted by Crippen LogP contribution is -2.43. The zero-order valence-electron chi connectivity index (χ0n) is 18.3. The molecule has 0 spiro atoms. The van der Waals surface area contributed by atoms with Crippen LogP contribution in [0.1, 0.15) is 24.0 Å². The third-order valence-electron chi connectivity index (χ3n) is 5.41. The first-order valence-electron chi connectivity index (χ1n) is 10.5. The summed E-state index contributed by atoms with van der Waals surface area (Å²) in [6.07, 6.45) is 9.32. The molecule has 0 radical (unpaired) electrons. The highest BCUT2D eigenvalue weighted by atomic mass is 127. The first-order valence-corrected chi connectivity index (χ1v) is 16.7. The molecule has 162 valence electrons. The summed E-state index contributed by atoms with van der Waals surface area (Å²) in [5, 5.41) is 3.67. The van der Waals surface area contributed by atoms with Crippen molar-refractivity contribution in [1.82, 2.24) is 9.21 Å². The minimum Gasteiger partial charge on any atom is -0.281 e. The number of benzene rings is 2. The van der Waals surface area contributed by atoms with Crippen molar-refractivity contribution in [3.8, 4) is 11.2 Å². The van der Waals surface area contributed by atoms with E-state index < -0.39 is 10.0 Å². The normalized spacial score (nSPS) is 17.4. The molecule has 2 aromatic carbocycles. The van der Waals surface area contributed by atoms with Crippen molar-refractivity contribution >= 4 is 40.4 Å². The minimum absolute atomic E-state index is 0.290. The topological polar surface area (TPSA) is 6.48 Å². The highest BCUT2D eigenvalue weighted by Crippen LogP contribution is 2.34. The molecule has 1 aliphatic heterocycles. The van der Waals surface area contributed by atoms with Crippen LogP contribution in [0, 0.1) is 17.1 Å². The zero-order chi connectivity index (χ0) is 21.4. The van der Waals surface area contributed by atoms with Gasteiger partial charge in [-0.25, -0.2) is 4.31 Å². The van der Waals surface area contributed by atoms with Gasteiger partial charge in [-0.05, 0) is 57.8 Å². The third-order valence-corrected chi connectivity index (χ3v) is 8.37. The molecule has 30 heavy (non-hydrogen) atoms. The summed E-state index contributed by atoms with van der Waals surface area (Å²) in [6.45, 7) is 4.19. The average molecular weight is 553 g/mol. The molecule has 1 heterocycles. The molecule has 1 fully saturated rings. The fourth-order valence-electron chi connectivity index (χ4n) is 3.89. The lowest BCUT2D eigenvalue weighted by molar-refractivity contribution is 0.132. The molecule has 0 aromatic heterocycles. The fourth-order valence-corrected chi connectivity index (χ4v) is 5.90. The van der Waals surface area contributed by atoms with Crippen molar-refractivity contribution in [2.45, 2.75) is 32.0 Å². The molecule has 3 rings (SSSR count). The largest absolute Gasteiger partial charge is 0.281 e. The quantitative estimate of drug-likeness (QED) is 0.222.